The molecule has 0 radical (unpaired) electrons. The number of carboxylic acids is 1. The molecule has 2 rings (SSSR count). The highest BCUT2D eigenvalue weighted by Crippen LogP contribution is 2.24. The van der Waals surface area contributed by atoms with Gasteiger partial charge in [0.05, 0.1) is 12.0 Å². The first-order valence-electron chi connectivity index (χ1n) is 7.36. The Kier molecular flexibility index (Phi) is 5.62. The second-order valence-electron chi connectivity index (χ2n) is 5.79. The molecule has 1 heterocycles. The van der Waals surface area contributed by atoms with Crippen LogP contribution >= 0.6 is 11.6 Å². The van der Waals surface area contributed by atoms with Crippen LogP contribution in [0, 0.1) is 12.8 Å². The van der Waals surface area contributed by atoms with Crippen molar-refractivity contribution < 1.29 is 15.0 Å². The van der Waals surface area contributed by atoms with E-state index in [-0.39, 0.29) is 5.92 Å². The average molecular weight is 312 g/mol. The Balaban J connectivity index is 1.87. The van der Waals surface area contributed by atoms with Crippen molar-refractivity contribution in [2.75, 3.05) is 19.6 Å². The lowest BCUT2D eigenvalue weighted by molar-refractivity contribution is -0.143. The number of likely N-dealkylation sites (tertiary alicyclic amines) is 1. The normalized spacial score (nSPS) is 21.2. The Labute approximate surface area is 130 Å². The van der Waals surface area contributed by atoms with Crippen molar-refractivity contribution in [2.24, 2.45) is 5.92 Å². The third kappa shape index (κ3) is 4.43. The summed E-state index contributed by atoms with van der Waals surface area (Å²) >= 11 is 5.98. The molecule has 2 atom stereocenters. The van der Waals surface area contributed by atoms with Gasteiger partial charge in [-0.25, -0.2) is 0 Å². The Hall–Kier alpha value is -1.10. The molecule has 1 aromatic rings. The number of carboxylic acid groups (broad SMARTS) is 1. The van der Waals surface area contributed by atoms with Crippen LogP contribution in [0.15, 0.2) is 18.2 Å². The predicted molar refractivity (Wildman–Crippen MR) is 82.6 cm³/mol. The van der Waals surface area contributed by atoms with Gasteiger partial charge in [-0.15, -0.1) is 0 Å². The third-order valence-corrected chi connectivity index (χ3v) is 4.56. The van der Waals surface area contributed by atoms with Crippen molar-refractivity contribution in [1.82, 2.24) is 4.90 Å². The number of benzene rings is 1. The fourth-order valence-corrected chi connectivity index (χ4v) is 2.92. The number of rotatable bonds is 5. The molecule has 1 saturated heterocycles. The molecule has 0 aliphatic carbocycles. The molecule has 1 aliphatic rings. The van der Waals surface area contributed by atoms with Crippen LogP contribution in [-0.2, 0) is 4.79 Å². The van der Waals surface area contributed by atoms with Crippen LogP contribution < -0.4 is 0 Å². The fourth-order valence-electron chi connectivity index (χ4n) is 2.81. The molecule has 1 fully saturated rings. The number of halogens is 1. The molecular weight excluding hydrogens is 290 g/mol. The first-order valence-corrected chi connectivity index (χ1v) is 7.74. The summed E-state index contributed by atoms with van der Waals surface area (Å²) in [4.78, 5) is 13.2. The maximum atomic E-state index is 11.0. The molecule has 0 bridgehead atoms. The van der Waals surface area contributed by atoms with Gasteiger partial charge in [-0.3, -0.25) is 4.79 Å². The second-order valence-corrected chi connectivity index (χ2v) is 6.20. The van der Waals surface area contributed by atoms with E-state index < -0.39 is 12.1 Å². The molecule has 0 aromatic heterocycles. The zero-order valence-corrected chi connectivity index (χ0v) is 13.0. The largest absolute Gasteiger partial charge is 0.481 e. The summed E-state index contributed by atoms with van der Waals surface area (Å²) in [7, 11) is 0. The number of hydrogen-bond acceptors (Lipinski definition) is 3. The van der Waals surface area contributed by atoms with E-state index in [4.69, 9.17) is 16.7 Å². The van der Waals surface area contributed by atoms with Crippen LogP contribution in [0.5, 0.6) is 0 Å². The van der Waals surface area contributed by atoms with Gasteiger partial charge in [0.1, 0.15) is 0 Å². The second kappa shape index (κ2) is 7.25. The van der Waals surface area contributed by atoms with Crippen molar-refractivity contribution in [1.29, 1.82) is 0 Å². The number of piperidine rings is 1. The topological polar surface area (TPSA) is 60.8 Å². The van der Waals surface area contributed by atoms with Gasteiger partial charge < -0.3 is 15.1 Å². The lowest BCUT2D eigenvalue weighted by atomic mass is 9.97. The molecular formula is C16H22ClNO3. The molecule has 2 unspecified atom stereocenters. The Morgan fingerprint density at radius 1 is 1.52 bits per heavy atom. The van der Waals surface area contributed by atoms with E-state index in [1.54, 1.807) is 6.07 Å². The average Bonchev–Trinajstić information content (AvgIpc) is 2.48. The highest BCUT2D eigenvalue weighted by molar-refractivity contribution is 6.31. The van der Waals surface area contributed by atoms with Gasteiger partial charge in [-0.1, -0.05) is 23.7 Å². The zero-order chi connectivity index (χ0) is 15.4. The monoisotopic (exact) mass is 311 g/mol. The highest BCUT2D eigenvalue weighted by Gasteiger charge is 2.25. The van der Waals surface area contributed by atoms with E-state index in [1.165, 1.54) is 0 Å². The number of hydrogen-bond donors (Lipinski definition) is 2. The standard InChI is InChI=1S/C16H22ClNO3/c1-11-9-12(4-5-14(11)17)15(19)6-8-18-7-2-3-13(10-18)16(20)21/h4-5,9,13,15,19H,2-3,6-8,10H2,1H3,(H,20,21). The minimum atomic E-state index is -0.714. The number of aryl methyl sites for hydroxylation is 1. The number of aliphatic hydroxyl groups excluding tert-OH is 1. The molecule has 0 saturated carbocycles. The van der Waals surface area contributed by atoms with E-state index >= 15 is 0 Å². The number of aliphatic hydroxyl groups is 1. The van der Waals surface area contributed by atoms with Crippen molar-refractivity contribution in [3.63, 3.8) is 0 Å². The quantitative estimate of drug-likeness (QED) is 0.878. The van der Waals surface area contributed by atoms with E-state index in [9.17, 15) is 9.90 Å². The third-order valence-electron chi connectivity index (χ3n) is 4.14. The summed E-state index contributed by atoms with van der Waals surface area (Å²) in [6.45, 7) is 4.13. The summed E-state index contributed by atoms with van der Waals surface area (Å²) in [5, 5.41) is 20.0. The van der Waals surface area contributed by atoms with Crippen molar-refractivity contribution in [3.8, 4) is 0 Å². The Bertz CT molecular complexity index is 506. The molecule has 0 amide bonds. The van der Waals surface area contributed by atoms with E-state index in [0.29, 0.717) is 24.5 Å². The number of nitrogens with zero attached hydrogens (tertiary/aromatic N) is 1. The molecule has 116 valence electrons. The van der Waals surface area contributed by atoms with Gasteiger partial charge >= 0.3 is 5.97 Å². The SMILES string of the molecule is Cc1cc(C(O)CCN2CCCC(C(=O)O)C2)ccc1Cl. The number of aliphatic carboxylic acids is 1. The molecule has 21 heavy (non-hydrogen) atoms. The molecule has 0 spiro atoms. The zero-order valence-electron chi connectivity index (χ0n) is 12.3. The predicted octanol–water partition coefficient (Wildman–Crippen LogP) is 2.87. The summed E-state index contributed by atoms with van der Waals surface area (Å²) in [5.41, 5.74) is 1.82. The lowest BCUT2D eigenvalue weighted by Crippen LogP contribution is -2.39. The van der Waals surface area contributed by atoms with Crippen LogP contribution in [0.3, 0.4) is 0 Å². The van der Waals surface area contributed by atoms with E-state index in [1.807, 2.05) is 19.1 Å². The van der Waals surface area contributed by atoms with Crippen LogP contribution in [-0.4, -0.2) is 40.7 Å². The molecule has 4 nitrogen and oxygen atoms in total. The van der Waals surface area contributed by atoms with E-state index in [2.05, 4.69) is 4.90 Å². The van der Waals surface area contributed by atoms with Gasteiger partial charge in [-0.05, 0) is 49.9 Å². The highest BCUT2D eigenvalue weighted by atomic mass is 35.5. The van der Waals surface area contributed by atoms with Gasteiger partial charge in [-0.2, -0.15) is 0 Å². The molecule has 2 N–H and O–H groups in total. The molecule has 1 aromatic carbocycles. The summed E-state index contributed by atoms with van der Waals surface area (Å²) in [5.74, 6) is -0.984. The number of carbonyl (C=O) groups is 1. The van der Waals surface area contributed by atoms with Gasteiger partial charge in [0.25, 0.3) is 0 Å². The van der Waals surface area contributed by atoms with Crippen molar-refractivity contribution >= 4 is 17.6 Å². The summed E-state index contributed by atoms with van der Waals surface area (Å²) < 4.78 is 0. The smallest absolute Gasteiger partial charge is 0.307 e. The molecule has 1 aliphatic heterocycles. The van der Waals surface area contributed by atoms with Gasteiger partial charge in [0.15, 0.2) is 0 Å². The minimum absolute atomic E-state index is 0.270. The van der Waals surface area contributed by atoms with Crippen LogP contribution in [0.2, 0.25) is 5.02 Å². The van der Waals surface area contributed by atoms with E-state index in [0.717, 1.165) is 30.5 Å². The summed E-state index contributed by atoms with van der Waals surface area (Å²) in [6, 6.07) is 5.55. The lowest BCUT2D eigenvalue weighted by Gasteiger charge is -2.31. The van der Waals surface area contributed by atoms with Crippen LogP contribution in [0.1, 0.15) is 36.5 Å². The Morgan fingerprint density at radius 3 is 2.95 bits per heavy atom. The molecule has 5 heteroatoms. The van der Waals surface area contributed by atoms with Crippen LogP contribution in [0.4, 0.5) is 0 Å². The van der Waals surface area contributed by atoms with Gasteiger partial charge in [0, 0.05) is 18.1 Å². The first kappa shape index (κ1) is 16.3. The maximum Gasteiger partial charge on any atom is 0.307 e. The minimum Gasteiger partial charge on any atom is -0.481 e. The Morgan fingerprint density at radius 2 is 2.29 bits per heavy atom. The summed E-state index contributed by atoms with van der Waals surface area (Å²) in [6.07, 6.45) is 1.73. The first-order chi connectivity index (χ1) is 9.97. The van der Waals surface area contributed by atoms with Crippen molar-refractivity contribution in [3.05, 3.63) is 34.3 Å². The van der Waals surface area contributed by atoms with Crippen molar-refractivity contribution in [2.45, 2.75) is 32.3 Å². The fraction of sp³-hybridized carbons (Fsp3) is 0.562. The van der Waals surface area contributed by atoms with Crippen LogP contribution in [0.25, 0.3) is 0 Å². The van der Waals surface area contributed by atoms with Gasteiger partial charge in [0.2, 0.25) is 0 Å². The maximum absolute atomic E-state index is 11.0.